The van der Waals surface area contributed by atoms with Crippen molar-refractivity contribution in [2.75, 3.05) is 12.3 Å². The van der Waals surface area contributed by atoms with E-state index < -0.39 is 17.9 Å². The lowest BCUT2D eigenvalue weighted by atomic mass is 10.1. The van der Waals surface area contributed by atoms with Crippen molar-refractivity contribution in [1.82, 2.24) is 4.90 Å². The van der Waals surface area contributed by atoms with Gasteiger partial charge in [0.05, 0.1) is 0 Å². The van der Waals surface area contributed by atoms with Crippen LogP contribution in [-0.4, -0.2) is 45.3 Å². The smallest absolute Gasteiger partial charge is 0.330 e. The molecular weight excluding hydrogens is 314 g/mol. The fraction of sp³-hybridized carbons (Fsp3) is 0.353. The third-order valence-corrected chi connectivity index (χ3v) is 4.75. The lowest BCUT2D eigenvalue weighted by Crippen LogP contribution is -2.44. The number of aliphatic carboxylic acids is 1. The van der Waals surface area contributed by atoms with Crippen LogP contribution in [0.5, 0.6) is 0 Å². The highest BCUT2D eigenvalue weighted by Crippen LogP contribution is 2.27. The minimum absolute atomic E-state index is 0.0519. The fourth-order valence-electron chi connectivity index (χ4n) is 2.47. The van der Waals surface area contributed by atoms with E-state index in [4.69, 9.17) is 0 Å². The van der Waals surface area contributed by atoms with Gasteiger partial charge < -0.3 is 10.0 Å². The van der Waals surface area contributed by atoms with E-state index in [0.29, 0.717) is 5.75 Å². The molecule has 1 amide bonds. The summed E-state index contributed by atoms with van der Waals surface area (Å²) in [5.74, 6) is -1.34. The second kappa shape index (κ2) is 7.46. The Kier molecular flexibility index (Phi) is 5.60. The topological polar surface area (TPSA) is 74.7 Å². The van der Waals surface area contributed by atoms with Gasteiger partial charge in [-0.25, -0.2) is 4.79 Å². The maximum absolute atomic E-state index is 12.6. The molecule has 0 radical (unpaired) electrons. The van der Waals surface area contributed by atoms with Gasteiger partial charge >= 0.3 is 5.97 Å². The number of amides is 1. The number of carboxylic acid groups (broad SMARTS) is 1. The first-order valence-electron chi connectivity index (χ1n) is 7.33. The Hall–Kier alpha value is -2.08. The fourth-order valence-corrected chi connectivity index (χ4v) is 3.10. The zero-order chi connectivity index (χ0) is 17.0. The Morgan fingerprint density at radius 3 is 2.52 bits per heavy atom. The second-order valence-electron chi connectivity index (χ2n) is 5.51. The van der Waals surface area contributed by atoms with E-state index in [1.165, 1.54) is 11.8 Å². The van der Waals surface area contributed by atoms with Crippen LogP contribution in [0.4, 0.5) is 0 Å². The van der Waals surface area contributed by atoms with Gasteiger partial charge in [-0.2, -0.15) is 0 Å². The number of carbonyl (C=O) groups excluding carboxylic acids is 2. The highest BCUT2D eigenvalue weighted by molar-refractivity contribution is 8.13. The van der Waals surface area contributed by atoms with Crippen molar-refractivity contribution in [2.24, 2.45) is 5.92 Å². The number of carbonyl (C=O) groups is 3. The Labute approximate surface area is 139 Å². The molecule has 0 spiro atoms. The van der Waals surface area contributed by atoms with E-state index in [0.717, 1.165) is 22.9 Å². The largest absolute Gasteiger partial charge is 0.479 e. The van der Waals surface area contributed by atoms with Crippen molar-refractivity contribution in [1.29, 1.82) is 0 Å². The zero-order valence-electron chi connectivity index (χ0n) is 13.1. The molecule has 1 unspecified atom stereocenters. The molecule has 1 heterocycles. The summed E-state index contributed by atoms with van der Waals surface area (Å²) < 4.78 is 0. The summed E-state index contributed by atoms with van der Waals surface area (Å²) in [7, 11) is 0. The lowest BCUT2D eigenvalue weighted by molar-refractivity contribution is -0.148. The Bertz CT molecular complexity index is 641. The highest BCUT2D eigenvalue weighted by atomic mass is 32.2. The van der Waals surface area contributed by atoms with Gasteiger partial charge in [-0.3, -0.25) is 9.59 Å². The quantitative estimate of drug-likeness (QED) is 0.895. The summed E-state index contributed by atoms with van der Waals surface area (Å²) in [4.78, 5) is 36.4. The molecule has 0 fully saturated rings. The summed E-state index contributed by atoms with van der Waals surface area (Å²) in [6, 6.07) is 8.48. The molecule has 1 aromatic carbocycles. The van der Waals surface area contributed by atoms with Crippen molar-refractivity contribution < 1.29 is 19.5 Å². The summed E-state index contributed by atoms with van der Waals surface area (Å²) >= 11 is 1.08. The zero-order valence-corrected chi connectivity index (χ0v) is 13.9. The first-order chi connectivity index (χ1) is 10.9. The van der Waals surface area contributed by atoms with Crippen molar-refractivity contribution in [2.45, 2.75) is 19.9 Å². The molecule has 2 atom stereocenters. The number of rotatable bonds is 5. The van der Waals surface area contributed by atoms with Gasteiger partial charge in [0.25, 0.3) is 0 Å². The number of nitrogens with zero attached hydrogens (tertiary/aromatic N) is 1. The first kappa shape index (κ1) is 17.3. The van der Waals surface area contributed by atoms with Gasteiger partial charge in [0.1, 0.15) is 6.04 Å². The minimum Gasteiger partial charge on any atom is -0.479 e. The number of benzene rings is 1. The summed E-state index contributed by atoms with van der Waals surface area (Å²) in [6.07, 6.45) is 1.63. The monoisotopic (exact) mass is 333 g/mol. The third kappa shape index (κ3) is 4.22. The number of carboxylic acids is 1. The number of thioether (sulfide) groups is 1. The van der Waals surface area contributed by atoms with E-state index in [1.54, 1.807) is 13.0 Å². The Balaban J connectivity index is 2.15. The second-order valence-corrected chi connectivity index (χ2v) is 6.71. The van der Waals surface area contributed by atoms with Crippen LogP contribution in [0.3, 0.4) is 0 Å². The van der Waals surface area contributed by atoms with Crippen LogP contribution in [-0.2, 0) is 14.4 Å². The maximum atomic E-state index is 12.6. The van der Waals surface area contributed by atoms with Crippen molar-refractivity contribution in [3.8, 4) is 0 Å². The Morgan fingerprint density at radius 1 is 1.30 bits per heavy atom. The van der Waals surface area contributed by atoms with Crippen LogP contribution < -0.4 is 0 Å². The van der Waals surface area contributed by atoms with Crippen LogP contribution in [0, 0.1) is 5.92 Å². The first-order valence-corrected chi connectivity index (χ1v) is 8.31. The van der Waals surface area contributed by atoms with E-state index >= 15 is 0 Å². The SMILES string of the molecule is CC(=O)SCC(C)C(=O)N1CC(c2ccccc2)=C[C@H]1C(=O)O. The normalized spacial score (nSPS) is 18.4. The van der Waals surface area contributed by atoms with Crippen LogP contribution >= 0.6 is 11.8 Å². The molecule has 1 aliphatic rings. The highest BCUT2D eigenvalue weighted by Gasteiger charge is 2.36. The van der Waals surface area contributed by atoms with Crippen LogP contribution in [0.25, 0.3) is 5.57 Å². The molecule has 0 bridgehead atoms. The summed E-state index contributed by atoms with van der Waals surface area (Å²) in [5, 5.41) is 9.35. The molecule has 1 aromatic rings. The van der Waals surface area contributed by atoms with E-state index in [2.05, 4.69) is 0 Å². The standard InChI is InChI=1S/C17H19NO4S/c1-11(10-23-12(2)19)16(20)18-9-14(8-15(18)17(21)22)13-6-4-3-5-7-13/h3-8,11,15H,9-10H2,1-2H3,(H,21,22)/t11?,15-/m0/s1. The summed E-state index contributed by atoms with van der Waals surface area (Å²) in [5.41, 5.74) is 1.75. The van der Waals surface area contributed by atoms with Crippen LogP contribution in [0.2, 0.25) is 0 Å². The van der Waals surface area contributed by atoms with E-state index in [9.17, 15) is 19.5 Å². The molecule has 23 heavy (non-hydrogen) atoms. The van der Waals surface area contributed by atoms with Crippen molar-refractivity contribution in [3.63, 3.8) is 0 Å². The molecule has 122 valence electrons. The minimum atomic E-state index is -1.05. The average molecular weight is 333 g/mol. The molecule has 0 saturated carbocycles. The molecule has 5 nitrogen and oxygen atoms in total. The molecule has 1 aliphatic heterocycles. The molecule has 0 aliphatic carbocycles. The van der Waals surface area contributed by atoms with Crippen molar-refractivity contribution in [3.05, 3.63) is 42.0 Å². The molecular formula is C17H19NO4S. The number of hydrogen-bond donors (Lipinski definition) is 1. The maximum Gasteiger partial charge on any atom is 0.330 e. The van der Waals surface area contributed by atoms with Gasteiger partial charge in [-0.05, 0) is 17.2 Å². The lowest BCUT2D eigenvalue weighted by Gasteiger charge is -2.25. The van der Waals surface area contributed by atoms with Crippen molar-refractivity contribution >= 4 is 34.3 Å². The van der Waals surface area contributed by atoms with Gasteiger partial charge in [0.15, 0.2) is 5.12 Å². The van der Waals surface area contributed by atoms with E-state index in [1.807, 2.05) is 30.3 Å². The van der Waals surface area contributed by atoms with Gasteiger partial charge in [-0.1, -0.05) is 49.0 Å². The third-order valence-electron chi connectivity index (χ3n) is 3.67. The van der Waals surface area contributed by atoms with Gasteiger partial charge in [-0.15, -0.1) is 0 Å². The molecule has 6 heteroatoms. The predicted molar refractivity (Wildman–Crippen MR) is 89.9 cm³/mol. The average Bonchev–Trinajstić information content (AvgIpc) is 2.98. The Morgan fingerprint density at radius 2 is 1.96 bits per heavy atom. The van der Waals surface area contributed by atoms with Gasteiger partial charge in [0.2, 0.25) is 5.91 Å². The molecule has 0 aromatic heterocycles. The molecule has 0 saturated heterocycles. The molecule has 2 rings (SSSR count). The summed E-state index contributed by atoms with van der Waals surface area (Å²) in [6.45, 7) is 3.44. The van der Waals surface area contributed by atoms with Gasteiger partial charge in [0, 0.05) is 25.1 Å². The van der Waals surface area contributed by atoms with Crippen LogP contribution in [0.1, 0.15) is 19.4 Å². The molecule has 1 N–H and O–H groups in total. The van der Waals surface area contributed by atoms with E-state index in [-0.39, 0.29) is 17.6 Å². The predicted octanol–water partition coefficient (Wildman–Crippen LogP) is 2.28. The number of hydrogen-bond acceptors (Lipinski definition) is 4. The van der Waals surface area contributed by atoms with Crippen LogP contribution in [0.15, 0.2) is 36.4 Å².